The van der Waals surface area contributed by atoms with Crippen LogP contribution in [0.2, 0.25) is 0 Å². The normalized spacial score (nSPS) is 13.9. The van der Waals surface area contributed by atoms with E-state index in [1.807, 2.05) is 18.3 Å². The highest BCUT2D eigenvalue weighted by molar-refractivity contribution is 7.17. The highest BCUT2D eigenvalue weighted by Crippen LogP contribution is 2.42. The molecule has 1 aliphatic rings. The Hall–Kier alpha value is -1.58. The van der Waals surface area contributed by atoms with Gasteiger partial charge in [-0.2, -0.15) is 0 Å². The van der Waals surface area contributed by atoms with E-state index in [1.165, 1.54) is 26.6 Å². The first-order chi connectivity index (χ1) is 9.25. The lowest BCUT2D eigenvalue weighted by molar-refractivity contribution is 0.655. The first-order valence-corrected chi connectivity index (χ1v) is 7.40. The molecule has 0 saturated carbocycles. The van der Waals surface area contributed by atoms with Crippen LogP contribution >= 0.6 is 11.3 Å². The van der Waals surface area contributed by atoms with Gasteiger partial charge in [0.25, 0.3) is 0 Å². The highest BCUT2D eigenvalue weighted by Gasteiger charge is 2.21. The Morgan fingerprint density at radius 3 is 2.84 bits per heavy atom. The quantitative estimate of drug-likeness (QED) is 0.880. The van der Waals surface area contributed by atoms with Crippen molar-refractivity contribution in [3.63, 3.8) is 0 Å². The number of benzene rings is 1. The summed E-state index contributed by atoms with van der Waals surface area (Å²) in [4.78, 5) is 1.45. The van der Waals surface area contributed by atoms with Gasteiger partial charge < -0.3 is 10.6 Å². The van der Waals surface area contributed by atoms with Crippen molar-refractivity contribution in [1.82, 2.24) is 5.32 Å². The minimum Gasteiger partial charge on any atom is -0.351 e. The van der Waals surface area contributed by atoms with Crippen LogP contribution in [-0.4, -0.2) is 6.54 Å². The molecule has 0 spiro atoms. The summed E-state index contributed by atoms with van der Waals surface area (Å²) in [5, 5.41) is 8.10. The second-order valence-electron chi connectivity index (χ2n) is 4.91. The molecule has 2 N–H and O–H groups in total. The van der Waals surface area contributed by atoms with Gasteiger partial charge in [0, 0.05) is 22.7 Å². The van der Waals surface area contributed by atoms with Crippen molar-refractivity contribution in [3.8, 4) is 11.1 Å². The summed E-state index contributed by atoms with van der Waals surface area (Å²) in [6.45, 7) is 8.03. The Balaban J connectivity index is 2.14. The smallest absolute Gasteiger partial charge is 0.101 e. The standard InChI is InChI=1S/C16H18N2S/c1-11(2)18-16-15(12-6-4-3-5-7-12)13-8-9-17-10-14(13)19-16/h3-7,17-18H,1,8-10H2,2H3. The van der Waals surface area contributed by atoms with E-state index >= 15 is 0 Å². The van der Waals surface area contributed by atoms with E-state index in [-0.39, 0.29) is 0 Å². The van der Waals surface area contributed by atoms with E-state index in [0.717, 1.165) is 25.2 Å². The number of fused-ring (bicyclic) bond motifs is 1. The second-order valence-corrected chi connectivity index (χ2v) is 6.01. The van der Waals surface area contributed by atoms with Gasteiger partial charge in [-0.05, 0) is 31.0 Å². The monoisotopic (exact) mass is 270 g/mol. The summed E-state index contributed by atoms with van der Waals surface area (Å²) in [6, 6.07) is 10.6. The van der Waals surface area contributed by atoms with Crippen molar-refractivity contribution in [2.75, 3.05) is 11.9 Å². The molecule has 2 heterocycles. The zero-order chi connectivity index (χ0) is 13.2. The maximum atomic E-state index is 3.97. The summed E-state index contributed by atoms with van der Waals surface area (Å²) in [5.41, 5.74) is 5.15. The zero-order valence-electron chi connectivity index (χ0n) is 11.1. The largest absolute Gasteiger partial charge is 0.351 e. The van der Waals surface area contributed by atoms with Crippen molar-refractivity contribution in [2.24, 2.45) is 0 Å². The number of anilines is 1. The molecule has 0 fully saturated rings. The molecule has 1 aliphatic heterocycles. The molecule has 0 radical (unpaired) electrons. The van der Waals surface area contributed by atoms with Gasteiger partial charge >= 0.3 is 0 Å². The Morgan fingerprint density at radius 1 is 1.32 bits per heavy atom. The second kappa shape index (κ2) is 5.19. The van der Waals surface area contributed by atoms with Crippen LogP contribution < -0.4 is 10.6 Å². The van der Waals surface area contributed by atoms with E-state index < -0.39 is 0 Å². The van der Waals surface area contributed by atoms with Crippen LogP contribution in [-0.2, 0) is 13.0 Å². The summed E-state index contributed by atoms with van der Waals surface area (Å²) >= 11 is 1.85. The van der Waals surface area contributed by atoms with Gasteiger partial charge in [-0.1, -0.05) is 36.9 Å². The number of nitrogens with one attached hydrogen (secondary N) is 2. The summed E-state index contributed by atoms with van der Waals surface area (Å²) in [5.74, 6) is 0. The van der Waals surface area contributed by atoms with Crippen molar-refractivity contribution in [2.45, 2.75) is 19.9 Å². The van der Waals surface area contributed by atoms with Gasteiger partial charge in [0.05, 0.1) is 0 Å². The van der Waals surface area contributed by atoms with Crippen LogP contribution in [0.15, 0.2) is 42.6 Å². The van der Waals surface area contributed by atoms with Crippen LogP contribution in [0.5, 0.6) is 0 Å². The first kappa shape index (κ1) is 12.5. The van der Waals surface area contributed by atoms with E-state index in [9.17, 15) is 0 Å². The van der Waals surface area contributed by atoms with Gasteiger partial charge in [0.15, 0.2) is 0 Å². The number of thiophene rings is 1. The molecule has 3 rings (SSSR count). The maximum Gasteiger partial charge on any atom is 0.101 e. The van der Waals surface area contributed by atoms with Crippen LogP contribution in [0.4, 0.5) is 5.00 Å². The zero-order valence-corrected chi connectivity index (χ0v) is 11.9. The molecular formula is C16H18N2S. The third-order valence-electron chi connectivity index (χ3n) is 3.32. The fourth-order valence-corrected chi connectivity index (χ4v) is 3.84. The topological polar surface area (TPSA) is 24.1 Å². The molecule has 0 aliphatic carbocycles. The Kier molecular flexibility index (Phi) is 3.40. The predicted molar refractivity (Wildman–Crippen MR) is 83.6 cm³/mol. The number of rotatable bonds is 3. The fourth-order valence-electron chi connectivity index (χ4n) is 2.53. The van der Waals surface area contributed by atoms with Gasteiger partial charge in [-0.3, -0.25) is 0 Å². The Labute approximate surface area is 118 Å². The van der Waals surface area contributed by atoms with Gasteiger partial charge in [0.1, 0.15) is 5.00 Å². The average Bonchev–Trinajstić information content (AvgIpc) is 2.76. The molecule has 1 aromatic carbocycles. The Morgan fingerprint density at radius 2 is 2.11 bits per heavy atom. The molecule has 2 aromatic rings. The number of hydrogen-bond acceptors (Lipinski definition) is 3. The number of hydrogen-bond donors (Lipinski definition) is 2. The van der Waals surface area contributed by atoms with E-state index in [1.54, 1.807) is 0 Å². The van der Waals surface area contributed by atoms with Gasteiger partial charge in [0.2, 0.25) is 0 Å². The SMILES string of the molecule is C=C(C)Nc1sc2c(c1-c1ccccc1)CCNC2. The molecule has 98 valence electrons. The van der Waals surface area contributed by atoms with E-state index in [2.05, 4.69) is 47.5 Å². The van der Waals surface area contributed by atoms with Gasteiger partial charge in [-0.15, -0.1) is 11.3 Å². The van der Waals surface area contributed by atoms with Crippen molar-refractivity contribution in [3.05, 3.63) is 53.0 Å². The van der Waals surface area contributed by atoms with Crippen LogP contribution in [0.25, 0.3) is 11.1 Å². The molecule has 19 heavy (non-hydrogen) atoms. The lowest BCUT2D eigenvalue weighted by Crippen LogP contribution is -2.22. The summed E-state index contributed by atoms with van der Waals surface area (Å²) < 4.78 is 0. The molecule has 0 amide bonds. The van der Waals surface area contributed by atoms with Gasteiger partial charge in [-0.25, -0.2) is 0 Å². The minimum atomic E-state index is 0.984. The molecule has 0 atom stereocenters. The Bertz CT molecular complexity index is 599. The lowest BCUT2D eigenvalue weighted by Gasteiger charge is -2.14. The van der Waals surface area contributed by atoms with Crippen LogP contribution in [0.3, 0.4) is 0 Å². The average molecular weight is 270 g/mol. The van der Waals surface area contributed by atoms with Crippen LogP contribution in [0, 0.1) is 0 Å². The summed E-state index contributed by atoms with van der Waals surface area (Å²) in [6.07, 6.45) is 1.11. The first-order valence-electron chi connectivity index (χ1n) is 6.59. The fraction of sp³-hybridized carbons (Fsp3) is 0.250. The summed E-state index contributed by atoms with van der Waals surface area (Å²) in [7, 11) is 0. The lowest BCUT2D eigenvalue weighted by atomic mass is 9.98. The van der Waals surface area contributed by atoms with Crippen molar-refractivity contribution < 1.29 is 0 Å². The highest BCUT2D eigenvalue weighted by atomic mass is 32.1. The molecule has 0 saturated heterocycles. The molecule has 1 aromatic heterocycles. The number of allylic oxidation sites excluding steroid dienone is 1. The third-order valence-corrected chi connectivity index (χ3v) is 4.46. The van der Waals surface area contributed by atoms with Crippen molar-refractivity contribution in [1.29, 1.82) is 0 Å². The molecule has 2 nitrogen and oxygen atoms in total. The molecule has 0 unspecified atom stereocenters. The molecular weight excluding hydrogens is 252 g/mol. The van der Waals surface area contributed by atoms with Crippen molar-refractivity contribution >= 4 is 16.3 Å². The van der Waals surface area contributed by atoms with E-state index in [0.29, 0.717) is 0 Å². The molecule has 0 bridgehead atoms. The minimum absolute atomic E-state index is 0.984. The van der Waals surface area contributed by atoms with Crippen LogP contribution in [0.1, 0.15) is 17.4 Å². The predicted octanol–water partition coefficient (Wildman–Crippen LogP) is 4.01. The third kappa shape index (κ3) is 2.44. The molecule has 3 heteroatoms. The van der Waals surface area contributed by atoms with E-state index in [4.69, 9.17) is 0 Å². The maximum absolute atomic E-state index is 3.97.